The summed E-state index contributed by atoms with van der Waals surface area (Å²) in [6, 6.07) is 11.8. The lowest BCUT2D eigenvalue weighted by molar-refractivity contribution is -0.116. The predicted octanol–water partition coefficient (Wildman–Crippen LogP) is 3.12. The van der Waals surface area contributed by atoms with Crippen LogP contribution in [0.15, 0.2) is 48.5 Å². The molecule has 0 saturated carbocycles. The van der Waals surface area contributed by atoms with Crippen molar-refractivity contribution in [3.05, 3.63) is 65.2 Å². The van der Waals surface area contributed by atoms with Crippen LogP contribution in [0.2, 0.25) is 0 Å². The molecular formula is C20H21NO5. The van der Waals surface area contributed by atoms with E-state index in [-0.39, 0.29) is 11.5 Å². The molecule has 26 heavy (non-hydrogen) atoms. The minimum Gasteiger partial charge on any atom is -0.493 e. The maximum atomic E-state index is 11.9. The molecule has 0 aliphatic rings. The largest absolute Gasteiger partial charge is 0.493 e. The van der Waals surface area contributed by atoms with E-state index in [1.54, 1.807) is 37.5 Å². The number of rotatable bonds is 8. The molecule has 6 nitrogen and oxygen atoms in total. The van der Waals surface area contributed by atoms with Crippen LogP contribution in [-0.4, -0.2) is 30.7 Å². The Labute approximate surface area is 152 Å². The van der Waals surface area contributed by atoms with Crippen molar-refractivity contribution in [3.63, 3.8) is 0 Å². The van der Waals surface area contributed by atoms with Gasteiger partial charge in [0, 0.05) is 12.6 Å². The van der Waals surface area contributed by atoms with Crippen molar-refractivity contribution >= 4 is 18.0 Å². The Hall–Kier alpha value is -3.28. The molecule has 0 atom stereocenters. The molecule has 0 aromatic heterocycles. The van der Waals surface area contributed by atoms with Gasteiger partial charge in [-0.25, -0.2) is 4.79 Å². The maximum Gasteiger partial charge on any atom is 0.335 e. The van der Waals surface area contributed by atoms with Crippen molar-refractivity contribution in [2.75, 3.05) is 13.7 Å². The number of benzene rings is 2. The highest BCUT2D eigenvalue weighted by Gasteiger charge is 2.05. The number of carbonyl (C=O) groups is 2. The van der Waals surface area contributed by atoms with E-state index in [1.807, 2.05) is 13.0 Å². The van der Waals surface area contributed by atoms with E-state index in [1.165, 1.54) is 18.2 Å². The Bertz CT molecular complexity index is 796. The molecule has 2 N–H and O–H groups in total. The topological polar surface area (TPSA) is 84.9 Å². The summed E-state index contributed by atoms with van der Waals surface area (Å²) < 4.78 is 10.7. The van der Waals surface area contributed by atoms with Gasteiger partial charge in [0.15, 0.2) is 11.5 Å². The lowest BCUT2D eigenvalue weighted by atomic mass is 10.1. The van der Waals surface area contributed by atoms with Gasteiger partial charge >= 0.3 is 5.97 Å². The fraction of sp³-hybridized carbons (Fsp3) is 0.200. The van der Waals surface area contributed by atoms with Crippen LogP contribution < -0.4 is 14.8 Å². The number of ether oxygens (including phenoxy) is 2. The van der Waals surface area contributed by atoms with E-state index in [2.05, 4.69) is 5.32 Å². The summed E-state index contributed by atoms with van der Waals surface area (Å²) in [6.45, 7) is 2.75. The Kier molecular flexibility index (Phi) is 6.79. The number of amides is 1. The molecule has 0 unspecified atom stereocenters. The van der Waals surface area contributed by atoms with Crippen molar-refractivity contribution in [2.45, 2.75) is 13.5 Å². The molecule has 1 amide bonds. The second-order valence-corrected chi connectivity index (χ2v) is 5.40. The summed E-state index contributed by atoms with van der Waals surface area (Å²) in [5.41, 5.74) is 1.84. The van der Waals surface area contributed by atoms with Gasteiger partial charge in [0.1, 0.15) is 0 Å². The van der Waals surface area contributed by atoms with E-state index in [4.69, 9.17) is 14.6 Å². The zero-order chi connectivity index (χ0) is 18.9. The third kappa shape index (κ3) is 5.37. The van der Waals surface area contributed by atoms with Gasteiger partial charge in [0.2, 0.25) is 5.91 Å². The highest BCUT2D eigenvalue weighted by Crippen LogP contribution is 2.28. The van der Waals surface area contributed by atoms with Crippen LogP contribution in [0.3, 0.4) is 0 Å². The number of hydrogen-bond donors (Lipinski definition) is 2. The molecule has 0 spiro atoms. The molecule has 0 heterocycles. The van der Waals surface area contributed by atoms with Crippen LogP contribution in [-0.2, 0) is 11.3 Å². The Morgan fingerprint density at radius 2 is 1.85 bits per heavy atom. The normalized spacial score (nSPS) is 10.5. The molecule has 6 heteroatoms. The van der Waals surface area contributed by atoms with Crippen LogP contribution in [0.25, 0.3) is 6.08 Å². The van der Waals surface area contributed by atoms with Crippen LogP contribution in [0.5, 0.6) is 11.5 Å². The summed E-state index contributed by atoms with van der Waals surface area (Å²) in [7, 11) is 1.56. The average Bonchev–Trinajstić information content (AvgIpc) is 2.66. The zero-order valence-electron chi connectivity index (χ0n) is 14.7. The molecule has 0 fully saturated rings. The first-order chi connectivity index (χ1) is 12.5. The maximum absolute atomic E-state index is 11.9. The smallest absolute Gasteiger partial charge is 0.335 e. The second kappa shape index (κ2) is 9.27. The molecule has 2 aromatic carbocycles. The van der Waals surface area contributed by atoms with Crippen LogP contribution >= 0.6 is 0 Å². The Balaban J connectivity index is 1.93. The molecule has 2 aromatic rings. The van der Waals surface area contributed by atoms with E-state index in [0.29, 0.717) is 24.7 Å². The summed E-state index contributed by atoms with van der Waals surface area (Å²) >= 11 is 0. The van der Waals surface area contributed by atoms with Crippen molar-refractivity contribution < 1.29 is 24.2 Å². The Morgan fingerprint density at radius 1 is 1.12 bits per heavy atom. The van der Waals surface area contributed by atoms with Gasteiger partial charge in [-0.15, -0.1) is 0 Å². The first-order valence-electron chi connectivity index (χ1n) is 8.12. The number of methoxy groups -OCH3 is 1. The minimum atomic E-state index is -0.977. The number of aromatic carboxylic acids is 1. The lowest BCUT2D eigenvalue weighted by Gasteiger charge is -2.09. The minimum absolute atomic E-state index is 0.212. The third-order valence-corrected chi connectivity index (χ3v) is 3.58. The van der Waals surface area contributed by atoms with Crippen molar-refractivity contribution in [2.24, 2.45) is 0 Å². The molecule has 0 aliphatic carbocycles. The quantitative estimate of drug-likeness (QED) is 0.711. The van der Waals surface area contributed by atoms with E-state index in [9.17, 15) is 9.59 Å². The molecule has 136 valence electrons. The van der Waals surface area contributed by atoms with Gasteiger partial charge in [-0.05, 0) is 48.4 Å². The van der Waals surface area contributed by atoms with Gasteiger partial charge in [-0.1, -0.05) is 18.2 Å². The van der Waals surface area contributed by atoms with E-state index >= 15 is 0 Å². The number of carbonyl (C=O) groups excluding carboxylic acids is 1. The second-order valence-electron chi connectivity index (χ2n) is 5.40. The lowest BCUT2D eigenvalue weighted by Crippen LogP contribution is -2.20. The number of nitrogens with one attached hydrogen (secondary N) is 1. The van der Waals surface area contributed by atoms with E-state index < -0.39 is 5.97 Å². The first kappa shape index (κ1) is 19.1. The first-order valence-corrected chi connectivity index (χ1v) is 8.12. The zero-order valence-corrected chi connectivity index (χ0v) is 14.7. The van der Waals surface area contributed by atoms with Gasteiger partial charge < -0.3 is 19.9 Å². The number of carboxylic acid groups (broad SMARTS) is 1. The number of carboxylic acids is 1. The molecule has 2 rings (SSSR count). The van der Waals surface area contributed by atoms with Crippen molar-refractivity contribution in [1.29, 1.82) is 0 Å². The summed E-state index contributed by atoms with van der Waals surface area (Å²) in [5, 5.41) is 11.6. The van der Waals surface area contributed by atoms with Crippen molar-refractivity contribution in [3.8, 4) is 11.5 Å². The highest BCUT2D eigenvalue weighted by molar-refractivity contribution is 5.91. The van der Waals surface area contributed by atoms with Gasteiger partial charge in [-0.2, -0.15) is 0 Å². The van der Waals surface area contributed by atoms with Crippen LogP contribution in [0.1, 0.15) is 28.4 Å². The molecule has 0 aliphatic heterocycles. The summed E-state index contributed by atoms with van der Waals surface area (Å²) in [5.74, 6) is 0.0313. The van der Waals surface area contributed by atoms with Gasteiger partial charge in [0.05, 0.1) is 19.3 Å². The van der Waals surface area contributed by atoms with Gasteiger partial charge in [0.25, 0.3) is 0 Å². The van der Waals surface area contributed by atoms with Crippen LogP contribution in [0.4, 0.5) is 0 Å². The van der Waals surface area contributed by atoms with Crippen LogP contribution in [0, 0.1) is 0 Å². The Morgan fingerprint density at radius 3 is 2.46 bits per heavy atom. The van der Waals surface area contributed by atoms with E-state index in [0.717, 1.165) is 11.1 Å². The average molecular weight is 355 g/mol. The molecule has 0 radical (unpaired) electrons. The molecule has 0 saturated heterocycles. The fourth-order valence-electron chi connectivity index (χ4n) is 2.25. The summed E-state index contributed by atoms with van der Waals surface area (Å²) in [4.78, 5) is 22.7. The van der Waals surface area contributed by atoms with Crippen molar-refractivity contribution in [1.82, 2.24) is 5.32 Å². The monoisotopic (exact) mass is 355 g/mol. The number of hydrogen-bond acceptors (Lipinski definition) is 4. The predicted molar refractivity (Wildman–Crippen MR) is 98.4 cm³/mol. The molecular weight excluding hydrogens is 334 g/mol. The highest BCUT2D eigenvalue weighted by atomic mass is 16.5. The third-order valence-electron chi connectivity index (χ3n) is 3.58. The molecule has 0 bridgehead atoms. The fourth-order valence-corrected chi connectivity index (χ4v) is 2.25. The SMILES string of the molecule is CCOc1ccc(/C=C/C(=O)NCc2ccc(C(=O)O)cc2)cc1OC. The summed E-state index contributed by atoms with van der Waals surface area (Å²) in [6.07, 6.45) is 3.11. The van der Waals surface area contributed by atoms with Gasteiger partial charge in [-0.3, -0.25) is 4.79 Å². The standard InChI is InChI=1S/C20H21NO5/c1-3-26-17-10-6-14(12-18(17)25-2)7-11-19(22)21-13-15-4-8-16(9-5-15)20(23)24/h4-12H,3,13H2,1-2H3,(H,21,22)(H,23,24)/b11-7+.